The SMILES string of the molecule is Cc1c[c-]c(-c2ccc(C)cn2)cc1.Fc1ccc2c(oc3c(-c4ccccn4)[c-]ccc32)c1-c1ccccc1.[Ir]. The van der Waals surface area contributed by atoms with Crippen molar-refractivity contribution >= 4 is 21.9 Å². The molecule has 0 fully saturated rings. The molecule has 41 heavy (non-hydrogen) atoms. The van der Waals surface area contributed by atoms with E-state index < -0.39 is 0 Å². The van der Waals surface area contributed by atoms with Crippen LogP contribution in [0.25, 0.3) is 55.6 Å². The summed E-state index contributed by atoms with van der Waals surface area (Å²) in [5.74, 6) is -0.300. The molecule has 0 aliphatic heterocycles. The largest absolute Gasteiger partial charge is 0.500 e. The van der Waals surface area contributed by atoms with Crippen molar-refractivity contribution in [3.05, 3.63) is 145 Å². The Morgan fingerprint density at radius 2 is 1.46 bits per heavy atom. The van der Waals surface area contributed by atoms with Crippen molar-refractivity contribution in [2.24, 2.45) is 0 Å². The zero-order chi connectivity index (χ0) is 27.5. The second-order valence-electron chi connectivity index (χ2n) is 9.58. The van der Waals surface area contributed by atoms with E-state index in [0.717, 1.165) is 38.9 Å². The van der Waals surface area contributed by atoms with Crippen molar-refractivity contribution in [1.29, 1.82) is 0 Å². The molecule has 1 radical (unpaired) electrons. The average Bonchev–Trinajstić information content (AvgIpc) is 3.38. The van der Waals surface area contributed by atoms with Gasteiger partial charge in [0.25, 0.3) is 0 Å². The zero-order valence-electron chi connectivity index (χ0n) is 22.5. The molecule has 0 N–H and O–H groups in total. The van der Waals surface area contributed by atoms with Gasteiger partial charge >= 0.3 is 0 Å². The van der Waals surface area contributed by atoms with Crippen molar-refractivity contribution in [2.75, 3.05) is 0 Å². The van der Waals surface area contributed by atoms with Gasteiger partial charge in [0.2, 0.25) is 0 Å². The number of furan rings is 1. The molecule has 4 aromatic carbocycles. The molecule has 0 saturated carbocycles. The number of aryl methyl sites for hydroxylation is 2. The van der Waals surface area contributed by atoms with Crippen LogP contribution in [-0.4, -0.2) is 9.97 Å². The van der Waals surface area contributed by atoms with Gasteiger partial charge in [-0.2, -0.15) is 0 Å². The summed E-state index contributed by atoms with van der Waals surface area (Å²) in [5, 5.41) is 1.81. The fourth-order valence-corrected chi connectivity index (χ4v) is 4.64. The van der Waals surface area contributed by atoms with E-state index >= 15 is 0 Å². The van der Waals surface area contributed by atoms with E-state index in [0.29, 0.717) is 16.7 Å². The van der Waals surface area contributed by atoms with Crippen molar-refractivity contribution in [3.63, 3.8) is 0 Å². The van der Waals surface area contributed by atoms with Crippen LogP contribution < -0.4 is 0 Å². The Morgan fingerprint density at radius 3 is 2.17 bits per heavy atom. The van der Waals surface area contributed by atoms with E-state index in [1.165, 1.54) is 17.2 Å². The maximum absolute atomic E-state index is 14.7. The van der Waals surface area contributed by atoms with Crippen LogP contribution in [0.15, 0.2) is 120 Å². The average molecular weight is 713 g/mol. The molecule has 0 aliphatic carbocycles. The maximum atomic E-state index is 14.7. The Labute approximate surface area is 252 Å². The number of pyridine rings is 2. The van der Waals surface area contributed by atoms with Crippen LogP contribution in [0, 0.1) is 31.8 Å². The number of benzene rings is 4. The third kappa shape index (κ3) is 5.88. The van der Waals surface area contributed by atoms with Crippen LogP contribution in [-0.2, 0) is 20.1 Å². The van der Waals surface area contributed by atoms with E-state index in [1.807, 2.05) is 92.0 Å². The monoisotopic (exact) mass is 713 g/mol. The third-order valence-corrected chi connectivity index (χ3v) is 6.69. The van der Waals surface area contributed by atoms with Gasteiger partial charge in [-0.05, 0) is 47.6 Å². The van der Waals surface area contributed by atoms with Crippen molar-refractivity contribution in [2.45, 2.75) is 13.8 Å². The van der Waals surface area contributed by atoms with Gasteiger partial charge < -0.3 is 14.4 Å². The minimum Gasteiger partial charge on any atom is -0.500 e. The zero-order valence-corrected chi connectivity index (χ0v) is 24.9. The second-order valence-corrected chi connectivity index (χ2v) is 9.58. The van der Waals surface area contributed by atoms with Crippen molar-refractivity contribution in [3.8, 4) is 33.6 Å². The van der Waals surface area contributed by atoms with Gasteiger partial charge in [-0.1, -0.05) is 72.5 Å². The minimum atomic E-state index is -0.300. The molecule has 203 valence electrons. The number of nitrogens with zero attached hydrogens (tertiary/aromatic N) is 2. The van der Waals surface area contributed by atoms with Gasteiger partial charge in [0.15, 0.2) is 0 Å². The first kappa shape index (κ1) is 28.1. The summed E-state index contributed by atoms with van der Waals surface area (Å²) in [7, 11) is 0. The molecule has 0 saturated heterocycles. The summed E-state index contributed by atoms with van der Waals surface area (Å²) in [6.07, 6.45) is 3.61. The van der Waals surface area contributed by atoms with Crippen LogP contribution >= 0.6 is 0 Å². The van der Waals surface area contributed by atoms with Crippen LogP contribution in [0.3, 0.4) is 0 Å². The van der Waals surface area contributed by atoms with E-state index in [-0.39, 0.29) is 25.9 Å². The van der Waals surface area contributed by atoms with Crippen LogP contribution in [0.5, 0.6) is 0 Å². The Hall–Kier alpha value is -4.44. The van der Waals surface area contributed by atoms with Crippen molar-refractivity contribution in [1.82, 2.24) is 9.97 Å². The molecule has 7 aromatic rings. The molecule has 3 aromatic heterocycles. The fourth-order valence-electron chi connectivity index (χ4n) is 4.64. The molecule has 7 rings (SSSR count). The molecular formula is C36H25FIrN2O-2. The Balaban J connectivity index is 0.000000192. The van der Waals surface area contributed by atoms with Crippen LogP contribution in [0.2, 0.25) is 0 Å². The summed E-state index contributed by atoms with van der Waals surface area (Å²) >= 11 is 0. The summed E-state index contributed by atoms with van der Waals surface area (Å²) in [4.78, 5) is 8.75. The number of aromatic nitrogens is 2. The van der Waals surface area contributed by atoms with Gasteiger partial charge in [0.1, 0.15) is 11.4 Å². The Morgan fingerprint density at radius 1 is 0.683 bits per heavy atom. The van der Waals surface area contributed by atoms with Crippen molar-refractivity contribution < 1.29 is 28.9 Å². The molecule has 0 unspecified atom stereocenters. The van der Waals surface area contributed by atoms with E-state index in [9.17, 15) is 4.39 Å². The molecule has 0 spiro atoms. The van der Waals surface area contributed by atoms with E-state index in [1.54, 1.807) is 12.3 Å². The fraction of sp³-hybridized carbons (Fsp3) is 0.0556. The first-order chi connectivity index (χ1) is 19.6. The number of hydrogen-bond acceptors (Lipinski definition) is 3. The van der Waals surface area contributed by atoms with Gasteiger partial charge in [-0.25, -0.2) is 4.39 Å². The standard InChI is InChI=1S/C23H13FNO.C13H12N.Ir/c24-19-13-12-17-16-9-6-10-18(20-11-4-5-14-25-20)22(16)26-23(17)21(19)15-7-2-1-3-8-15;1-10-3-6-12(7-4-10)13-8-5-11(2)9-14-13;/h1-9,11-14H;3-6,8-9H,1-2H3;/q2*-1;. The maximum Gasteiger partial charge on any atom is 0.134 e. The van der Waals surface area contributed by atoms with E-state index in [4.69, 9.17) is 4.42 Å². The number of fused-ring (bicyclic) bond motifs is 3. The predicted molar refractivity (Wildman–Crippen MR) is 159 cm³/mol. The molecule has 5 heteroatoms. The predicted octanol–water partition coefficient (Wildman–Crippen LogP) is 9.42. The van der Waals surface area contributed by atoms with E-state index in [2.05, 4.69) is 41.2 Å². The van der Waals surface area contributed by atoms with Gasteiger partial charge in [-0.3, -0.25) is 0 Å². The second kappa shape index (κ2) is 12.4. The van der Waals surface area contributed by atoms with Gasteiger partial charge in [0, 0.05) is 37.9 Å². The van der Waals surface area contributed by atoms with Crippen LogP contribution in [0.1, 0.15) is 11.1 Å². The molecule has 0 bridgehead atoms. The van der Waals surface area contributed by atoms with Gasteiger partial charge in [0.05, 0.1) is 11.1 Å². The Kier molecular flexibility index (Phi) is 8.49. The molecular weight excluding hydrogens is 688 g/mol. The first-order valence-corrected chi connectivity index (χ1v) is 13.0. The molecule has 0 amide bonds. The molecule has 3 heterocycles. The van der Waals surface area contributed by atoms with Gasteiger partial charge in [-0.15, -0.1) is 53.6 Å². The summed E-state index contributed by atoms with van der Waals surface area (Å²) in [5.41, 5.74) is 8.47. The Bertz CT molecular complexity index is 1860. The molecule has 0 aliphatic rings. The topological polar surface area (TPSA) is 38.9 Å². The summed E-state index contributed by atoms with van der Waals surface area (Å²) in [6.45, 7) is 4.10. The minimum absolute atomic E-state index is 0. The summed E-state index contributed by atoms with van der Waals surface area (Å²) in [6, 6.07) is 38.9. The number of halogens is 1. The third-order valence-electron chi connectivity index (χ3n) is 6.69. The molecule has 0 atom stereocenters. The summed E-state index contributed by atoms with van der Waals surface area (Å²) < 4.78 is 20.9. The molecule has 3 nitrogen and oxygen atoms in total. The van der Waals surface area contributed by atoms with Crippen LogP contribution in [0.4, 0.5) is 4.39 Å². The number of rotatable bonds is 3. The normalized spacial score (nSPS) is 10.6. The number of hydrogen-bond donors (Lipinski definition) is 0. The smallest absolute Gasteiger partial charge is 0.134 e. The first-order valence-electron chi connectivity index (χ1n) is 13.0. The quantitative estimate of drug-likeness (QED) is 0.172.